The maximum Gasteiger partial charge on any atom is 0.119 e. The van der Waals surface area contributed by atoms with Crippen LogP contribution in [0, 0.1) is 0 Å². The van der Waals surface area contributed by atoms with Crippen molar-refractivity contribution >= 4 is 5.70 Å². The van der Waals surface area contributed by atoms with Gasteiger partial charge in [0.2, 0.25) is 0 Å². The molecule has 1 aliphatic heterocycles. The van der Waals surface area contributed by atoms with Crippen LogP contribution in [0.3, 0.4) is 0 Å². The monoisotopic (exact) mass is 202 g/mol. The van der Waals surface area contributed by atoms with Crippen LogP contribution < -0.4 is 10.1 Å². The number of hydrogen-bond donors (Lipinski definition) is 1. The highest BCUT2D eigenvalue weighted by molar-refractivity contribution is 5.68. The van der Waals surface area contributed by atoms with Gasteiger partial charge in [-0.25, -0.2) is 0 Å². The van der Waals surface area contributed by atoms with Crippen LogP contribution in [0.5, 0.6) is 5.75 Å². The lowest BCUT2D eigenvalue weighted by Gasteiger charge is -2.16. The van der Waals surface area contributed by atoms with E-state index in [1.807, 2.05) is 42.4 Å². The van der Waals surface area contributed by atoms with Crippen LogP contribution in [0.1, 0.15) is 5.56 Å². The molecule has 1 heterocycles. The molecule has 0 saturated heterocycles. The Kier molecular flexibility index (Phi) is 2.37. The van der Waals surface area contributed by atoms with E-state index in [1.165, 1.54) is 0 Å². The van der Waals surface area contributed by atoms with Crippen LogP contribution in [-0.4, -0.2) is 19.1 Å². The van der Waals surface area contributed by atoms with Crippen molar-refractivity contribution in [3.8, 4) is 5.75 Å². The van der Waals surface area contributed by atoms with Crippen LogP contribution >= 0.6 is 0 Å². The van der Waals surface area contributed by atoms with Gasteiger partial charge >= 0.3 is 0 Å². The van der Waals surface area contributed by atoms with Gasteiger partial charge in [-0.15, -0.1) is 0 Å². The van der Waals surface area contributed by atoms with Crippen molar-refractivity contribution in [1.82, 2.24) is 10.2 Å². The summed E-state index contributed by atoms with van der Waals surface area (Å²) in [5.41, 5.74) is 2.21. The number of benzene rings is 1. The van der Waals surface area contributed by atoms with E-state index in [-0.39, 0.29) is 0 Å². The van der Waals surface area contributed by atoms with Gasteiger partial charge in [0.15, 0.2) is 0 Å². The molecule has 0 spiro atoms. The highest BCUT2D eigenvalue weighted by atomic mass is 16.5. The highest BCUT2D eigenvalue weighted by Gasteiger charge is 2.15. The summed E-state index contributed by atoms with van der Waals surface area (Å²) in [6, 6.07) is 7.96. The van der Waals surface area contributed by atoms with Crippen molar-refractivity contribution < 1.29 is 4.74 Å². The van der Waals surface area contributed by atoms with Crippen molar-refractivity contribution in [3.63, 3.8) is 0 Å². The number of hydrogen-bond acceptors (Lipinski definition) is 3. The lowest BCUT2D eigenvalue weighted by Crippen LogP contribution is -2.14. The third kappa shape index (κ3) is 1.68. The van der Waals surface area contributed by atoms with E-state index >= 15 is 0 Å². The van der Waals surface area contributed by atoms with Crippen LogP contribution in [0.4, 0.5) is 0 Å². The first-order valence-corrected chi connectivity index (χ1v) is 4.76. The summed E-state index contributed by atoms with van der Waals surface area (Å²) in [6.07, 6.45) is 1.94. The maximum absolute atomic E-state index is 5.19. The number of nitrogens with one attached hydrogen (secondary N) is 1. The second kappa shape index (κ2) is 3.69. The summed E-state index contributed by atoms with van der Waals surface area (Å²) in [7, 11) is 3.65. The van der Waals surface area contributed by atoms with E-state index in [0.29, 0.717) is 0 Å². The van der Waals surface area contributed by atoms with Gasteiger partial charge in [0, 0.05) is 18.8 Å². The Balaban J connectivity index is 2.34. The zero-order chi connectivity index (χ0) is 10.8. The molecule has 1 N–H and O–H groups in total. The Morgan fingerprint density at radius 3 is 2.80 bits per heavy atom. The minimum atomic E-state index is 0.860. The first-order chi connectivity index (χ1) is 7.22. The van der Waals surface area contributed by atoms with Crippen molar-refractivity contribution in [1.29, 1.82) is 0 Å². The number of nitrogens with zero attached hydrogens (tertiary/aromatic N) is 1. The number of methoxy groups -OCH3 is 1. The largest absolute Gasteiger partial charge is 0.497 e. The van der Waals surface area contributed by atoms with Gasteiger partial charge in [0.05, 0.1) is 12.8 Å². The Hall–Kier alpha value is -1.90. The number of ether oxygens (including phenoxy) is 1. The minimum Gasteiger partial charge on any atom is -0.497 e. The Morgan fingerprint density at radius 2 is 2.20 bits per heavy atom. The third-order valence-electron chi connectivity index (χ3n) is 2.51. The average Bonchev–Trinajstić information content (AvgIpc) is 2.60. The first-order valence-electron chi connectivity index (χ1n) is 4.76. The molecule has 0 unspecified atom stereocenters. The quantitative estimate of drug-likeness (QED) is 0.793. The molecule has 15 heavy (non-hydrogen) atoms. The van der Waals surface area contributed by atoms with Gasteiger partial charge in [-0.1, -0.05) is 18.7 Å². The van der Waals surface area contributed by atoms with E-state index in [2.05, 4.69) is 11.9 Å². The molecule has 0 amide bonds. The molecule has 1 aromatic carbocycles. The predicted octanol–water partition coefficient (Wildman–Crippen LogP) is 2.00. The van der Waals surface area contributed by atoms with Crippen molar-refractivity contribution in [2.24, 2.45) is 0 Å². The smallest absolute Gasteiger partial charge is 0.119 e. The van der Waals surface area contributed by atoms with Crippen LogP contribution in [0.15, 0.2) is 42.9 Å². The van der Waals surface area contributed by atoms with E-state index in [0.717, 1.165) is 22.8 Å². The molecule has 0 aliphatic carbocycles. The second-order valence-corrected chi connectivity index (χ2v) is 3.41. The summed E-state index contributed by atoms with van der Waals surface area (Å²) in [5, 5.41) is 3.08. The average molecular weight is 202 g/mol. The molecule has 3 nitrogen and oxygen atoms in total. The van der Waals surface area contributed by atoms with Gasteiger partial charge in [-0.2, -0.15) is 0 Å². The highest BCUT2D eigenvalue weighted by Crippen LogP contribution is 2.26. The predicted molar refractivity (Wildman–Crippen MR) is 61.0 cm³/mol. The standard InChI is InChI=1S/C12H14N2O/c1-9-13-8-12(14(9)2)10-5-4-6-11(7-10)15-3/h4-8,13H,1H2,2-3H3. The van der Waals surface area contributed by atoms with Crippen molar-refractivity contribution in [2.45, 2.75) is 0 Å². The van der Waals surface area contributed by atoms with Gasteiger partial charge in [0.25, 0.3) is 0 Å². The van der Waals surface area contributed by atoms with Gasteiger partial charge in [0.1, 0.15) is 11.6 Å². The molecule has 0 saturated carbocycles. The Bertz CT molecular complexity index is 423. The molecule has 0 bridgehead atoms. The van der Waals surface area contributed by atoms with Crippen LogP contribution in [0.2, 0.25) is 0 Å². The topological polar surface area (TPSA) is 24.5 Å². The zero-order valence-electron chi connectivity index (χ0n) is 8.95. The normalized spacial score (nSPS) is 14.9. The third-order valence-corrected chi connectivity index (χ3v) is 2.51. The first kappa shape index (κ1) is 9.65. The molecular formula is C12H14N2O. The molecule has 0 radical (unpaired) electrons. The van der Waals surface area contributed by atoms with Gasteiger partial charge in [-0.05, 0) is 12.1 Å². The molecule has 3 heteroatoms. The fourth-order valence-electron chi connectivity index (χ4n) is 1.55. The molecule has 0 fully saturated rings. The minimum absolute atomic E-state index is 0.860. The molecule has 2 rings (SSSR count). The SMILES string of the molecule is C=C1NC=C(c2cccc(OC)c2)N1C. The summed E-state index contributed by atoms with van der Waals surface area (Å²) in [6.45, 7) is 3.88. The van der Waals surface area contributed by atoms with Crippen LogP contribution in [0.25, 0.3) is 5.70 Å². The fraction of sp³-hybridized carbons (Fsp3) is 0.167. The molecule has 78 valence electrons. The second-order valence-electron chi connectivity index (χ2n) is 3.41. The number of rotatable bonds is 2. The van der Waals surface area contributed by atoms with E-state index < -0.39 is 0 Å². The zero-order valence-corrected chi connectivity index (χ0v) is 8.95. The van der Waals surface area contributed by atoms with E-state index in [1.54, 1.807) is 7.11 Å². The Labute approximate surface area is 89.7 Å². The summed E-state index contributed by atoms with van der Waals surface area (Å²) in [5.74, 6) is 1.74. The molecule has 0 atom stereocenters. The maximum atomic E-state index is 5.19. The molecule has 1 aromatic rings. The van der Waals surface area contributed by atoms with Gasteiger partial charge in [-0.3, -0.25) is 0 Å². The van der Waals surface area contributed by atoms with Crippen molar-refractivity contribution in [2.75, 3.05) is 14.2 Å². The van der Waals surface area contributed by atoms with Crippen molar-refractivity contribution in [3.05, 3.63) is 48.4 Å². The van der Waals surface area contributed by atoms with E-state index in [9.17, 15) is 0 Å². The molecular weight excluding hydrogens is 188 g/mol. The van der Waals surface area contributed by atoms with E-state index in [4.69, 9.17) is 4.74 Å². The summed E-state index contributed by atoms with van der Waals surface area (Å²) < 4.78 is 5.19. The molecule has 0 aromatic heterocycles. The lowest BCUT2D eigenvalue weighted by atomic mass is 10.1. The molecule has 1 aliphatic rings. The summed E-state index contributed by atoms with van der Waals surface area (Å²) in [4.78, 5) is 2.01. The fourth-order valence-corrected chi connectivity index (χ4v) is 1.55. The Morgan fingerprint density at radius 1 is 1.40 bits per heavy atom. The summed E-state index contributed by atoms with van der Waals surface area (Å²) >= 11 is 0. The van der Waals surface area contributed by atoms with Gasteiger partial charge < -0.3 is 15.0 Å². The lowest BCUT2D eigenvalue weighted by molar-refractivity contribution is 0.414. The van der Waals surface area contributed by atoms with Crippen LogP contribution in [-0.2, 0) is 0 Å².